The van der Waals surface area contributed by atoms with E-state index in [0.717, 1.165) is 0 Å². The topological polar surface area (TPSA) is 49.4 Å². The molecule has 2 rings (SSSR count). The second-order valence-corrected chi connectivity index (χ2v) is 4.38. The van der Waals surface area contributed by atoms with Crippen molar-refractivity contribution in [2.75, 3.05) is 5.75 Å². The van der Waals surface area contributed by atoms with E-state index in [-0.39, 0.29) is 17.3 Å². The molecule has 0 spiro atoms. The normalized spacial score (nSPS) is 31.6. The number of nitrogens with one attached hydrogen (secondary N) is 1. The van der Waals surface area contributed by atoms with Crippen molar-refractivity contribution in [3.8, 4) is 0 Å². The van der Waals surface area contributed by atoms with Gasteiger partial charge in [-0.1, -0.05) is 11.6 Å². The van der Waals surface area contributed by atoms with Gasteiger partial charge in [0.25, 0.3) is 5.91 Å². The van der Waals surface area contributed by atoms with Crippen molar-refractivity contribution in [3.63, 3.8) is 0 Å². The van der Waals surface area contributed by atoms with Gasteiger partial charge in [-0.3, -0.25) is 9.59 Å². The van der Waals surface area contributed by atoms with Crippen LogP contribution in [0.4, 0.5) is 0 Å². The third kappa shape index (κ3) is 1.32. The smallest absolute Gasteiger partial charge is 0.253 e. The number of hydrogen-bond acceptors (Lipinski definition) is 3. The van der Waals surface area contributed by atoms with Gasteiger partial charge in [-0.2, -0.15) is 0 Å². The van der Waals surface area contributed by atoms with Crippen LogP contribution < -0.4 is 5.32 Å². The first-order chi connectivity index (χ1) is 6.24. The molecule has 13 heavy (non-hydrogen) atoms. The fraction of sp³-hybridized carbons (Fsp3) is 0.429. The molecule has 0 bridgehead atoms. The van der Waals surface area contributed by atoms with Crippen LogP contribution in [0.1, 0.15) is 0 Å². The number of halogens is 1. The molecule has 2 aliphatic rings. The molecule has 0 radical (unpaired) electrons. The molecule has 70 valence electrons. The number of carbonyl (C=O) groups is 2. The van der Waals surface area contributed by atoms with E-state index in [0.29, 0.717) is 17.2 Å². The Hall–Kier alpha value is -0.680. The molecule has 1 saturated heterocycles. The zero-order valence-corrected chi connectivity index (χ0v) is 8.14. The standard InChI is InChI=1S/C7H7ClN2O2S/c8-4-1-10-6(12)5(9-3-11)7(10)13-2-4/h1,3,5,7H,2H2,(H,9,11)/t5-,7+/m1/s1. The van der Waals surface area contributed by atoms with Gasteiger partial charge < -0.3 is 10.2 Å². The third-order valence-electron chi connectivity index (χ3n) is 2.00. The average Bonchev–Trinajstić information content (AvgIpc) is 2.14. The van der Waals surface area contributed by atoms with E-state index < -0.39 is 0 Å². The number of amides is 2. The molecular formula is C7H7ClN2O2S. The lowest BCUT2D eigenvalue weighted by atomic mass is 10.1. The Balaban J connectivity index is 2.10. The minimum atomic E-state index is -0.372. The lowest BCUT2D eigenvalue weighted by molar-refractivity contribution is -0.143. The largest absolute Gasteiger partial charge is 0.344 e. The third-order valence-corrected chi connectivity index (χ3v) is 3.71. The fourth-order valence-corrected chi connectivity index (χ4v) is 2.79. The zero-order chi connectivity index (χ0) is 9.42. The molecule has 2 aliphatic heterocycles. The molecule has 0 aliphatic carbocycles. The van der Waals surface area contributed by atoms with Crippen molar-refractivity contribution in [3.05, 3.63) is 11.2 Å². The van der Waals surface area contributed by atoms with Gasteiger partial charge >= 0.3 is 0 Å². The second-order valence-electron chi connectivity index (χ2n) is 2.79. The highest BCUT2D eigenvalue weighted by atomic mass is 35.5. The number of β-lactam (4-membered cyclic amide) rings is 1. The van der Waals surface area contributed by atoms with Crippen LogP contribution in [0.5, 0.6) is 0 Å². The Kier molecular flexibility index (Phi) is 2.21. The highest BCUT2D eigenvalue weighted by Crippen LogP contribution is 2.36. The Morgan fingerprint density at radius 2 is 2.54 bits per heavy atom. The predicted octanol–water partition coefficient (Wildman–Crippen LogP) is 0.0963. The van der Waals surface area contributed by atoms with E-state index in [1.807, 2.05) is 0 Å². The van der Waals surface area contributed by atoms with Gasteiger partial charge in [0.15, 0.2) is 0 Å². The van der Waals surface area contributed by atoms with Gasteiger partial charge in [0.1, 0.15) is 11.4 Å². The summed E-state index contributed by atoms with van der Waals surface area (Å²) in [5.41, 5.74) is 0. The van der Waals surface area contributed by atoms with E-state index in [2.05, 4.69) is 5.32 Å². The molecule has 2 amide bonds. The van der Waals surface area contributed by atoms with Gasteiger partial charge in [-0.15, -0.1) is 11.8 Å². The molecule has 0 aromatic rings. The first-order valence-corrected chi connectivity index (χ1v) is 5.16. The number of hydrogen-bond donors (Lipinski definition) is 1. The highest BCUT2D eigenvalue weighted by molar-refractivity contribution is 8.00. The summed E-state index contributed by atoms with van der Waals surface area (Å²) in [4.78, 5) is 23.0. The Labute approximate surface area is 84.3 Å². The summed E-state index contributed by atoms with van der Waals surface area (Å²) < 4.78 is 0. The average molecular weight is 219 g/mol. The van der Waals surface area contributed by atoms with Gasteiger partial charge in [0, 0.05) is 17.0 Å². The van der Waals surface area contributed by atoms with E-state index in [4.69, 9.17) is 11.6 Å². The fourth-order valence-electron chi connectivity index (χ4n) is 1.38. The van der Waals surface area contributed by atoms with Crippen LogP contribution in [0.3, 0.4) is 0 Å². The monoisotopic (exact) mass is 218 g/mol. The van der Waals surface area contributed by atoms with E-state index >= 15 is 0 Å². The Morgan fingerprint density at radius 3 is 3.23 bits per heavy atom. The molecule has 1 N–H and O–H groups in total. The maximum absolute atomic E-state index is 11.3. The van der Waals surface area contributed by atoms with Crippen molar-refractivity contribution >= 4 is 35.7 Å². The number of carbonyl (C=O) groups excluding carboxylic acids is 2. The van der Waals surface area contributed by atoms with Gasteiger partial charge in [0.05, 0.1) is 0 Å². The van der Waals surface area contributed by atoms with Gasteiger partial charge in [0.2, 0.25) is 6.41 Å². The number of thioether (sulfide) groups is 1. The van der Waals surface area contributed by atoms with E-state index in [9.17, 15) is 9.59 Å². The molecule has 0 saturated carbocycles. The molecular weight excluding hydrogens is 212 g/mol. The molecule has 0 aromatic carbocycles. The summed E-state index contributed by atoms with van der Waals surface area (Å²) in [5, 5.41) is 3.17. The van der Waals surface area contributed by atoms with Gasteiger partial charge in [-0.25, -0.2) is 0 Å². The predicted molar refractivity (Wildman–Crippen MR) is 50.0 cm³/mol. The SMILES string of the molecule is O=CN[C@@H]1C(=O)N2C=C(Cl)CS[C@@H]12. The van der Waals surface area contributed by atoms with Crippen LogP contribution in [0.2, 0.25) is 0 Å². The lowest BCUT2D eigenvalue weighted by Gasteiger charge is -2.46. The van der Waals surface area contributed by atoms with Crippen LogP contribution in [-0.4, -0.2) is 34.4 Å². The summed E-state index contributed by atoms with van der Waals surface area (Å²) in [7, 11) is 0. The summed E-state index contributed by atoms with van der Waals surface area (Å²) in [6.07, 6.45) is 2.19. The maximum Gasteiger partial charge on any atom is 0.253 e. The van der Waals surface area contributed by atoms with Crippen LogP contribution >= 0.6 is 23.4 Å². The number of rotatable bonds is 2. The molecule has 0 unspecified atom stereocenters. The Morgan fingerprint density at radius 1 is 1.77 bits per heavy atom. The quantitative estimate of drug-likeness (QED) is 0.528. The van der Waals surface area contributed by atoms with Crippen LogP contribution in [0.15, 0.2) is 11.2 Å². The summed E-state index contributed by atoms with van der Waals surface area (Å²) in [6, 6.07) is -0.372. The number of nitrogens with zero attached hydrogens (tertiary/aromatic N) is 1. The van der Waals surface area contributed by atoms with Crippen molar-refractivity contribution < 1.29 is 9.59 Å². The zero-order valence-electron chi connectivity index (χ0n) is 6.57. The van der Waals surface area contributed by atoms with Crippen molar-refractivity contribution in [2.45, 2.75) is 11.4 Å². The molecule has 2 atom stereocenters. The minimum absolute atomic E-state index is 0.0280. The molecule has 0 aromatic heterocycles. The van der Waals surface area contributed by atoms with Crippen molar-refractivity contribution in [1.82, 2.24) is 10.2 Å². The summed E-state index contributed by atoms with van der Waals surface area (Å²) >= 11 is 7.31. The van der Waals surface area contributed by atoms with E-state index in [1.165, 1.54) is 0 Å². The summed E-state index contributed by atoms with van der Waals surface area (Å²) in [5.74, 6) is 0.606. The van der Waals surface area contributed by atoms with Crippen molar-refractivity contribution in [2.24, 2.45) is 0 Å². The summed E-state index contributed by atoms with van der Waals surface area (Å²) in [6.45, 7) is 0. The second kappa shape index (κ2) is 3.23. The molecule has 4 nitrogen and oxygen atoms in total. The van der Waals surface area contributed by atoms with E-state index in [1.54, 1.807) is 22.9 Å². The van der Waals surface area contributed by atoms with Crippen LogP contribution in [-0.2, 0) is 9.59 Å². The molecule has 2 heterocycles. The van der Waals surface area contributed by atoms with Crippen molar-refractivity contribution in [1.29, 1.82) is 0 Å². The Bertz CT molecular complexity index is 294. The minimum Gasteiger partial charge on any atom is -0.344 e. The number of fused-ring (bicyclic) bond motifs is 1. The first kappa shape index (κ1) is 8.90. The van der Waals surface area contributed by atoms with Crippen LogP contribution in [0, 0.1) is 0 Å². The first-order valence-electron chi connectivity index (χ1n) is 3.73. The molecule has 1 fully saturated rings. The highest BCUT2D eigenvalue weighted by Gasteiger charge is 2.48. The van der Waals surface area contributed by atoms with Gasteiger partial charge in [-0.05, 0) is 0 Å². The van der Waals surface area contributed by atoms with Crippen LogP contribution in [0.25, 0.3) is 0 Å². The lowest BCUT2D eigenvalue weighted by Crippen LogP contribution is -2.67. The maximum atomic E-state index is 11.3. The molecule has 6 heteroatoms.